The monoisotopic (exact) mass is 237 g/mol. The molecular formula is C12H14ClN2O. The third-order valence-electron chi connectivity index (χ3n) is 2.39. The molecule has 0 aromatic heterocycles. The number of hydrogen-bond acceptors (Lipinski definition) is 3. The van der Waals surface area contributed by atoms with E-state index in [-0.39, 0.29) is 5.88 Å². The van der Waals surface area contributed by atoms with Crippen LogP contribution in [0.15, 0.2) is 42.7 Å². The normalized spacial score (nSPS) is 17.5. The minimum atomic E-state index is -0.523. The van der Waals surface area contributed by atoms with Crippen molar-refractivity contribution in [2.24, 2.45) is 0 Å². The van der Waals surface area contributed by atoms with Crippen molar-refractivity contribution in [3.8, 4) is 0 Å². The van der Waals surface area contributed by atoms with Crippen molar-refractivity contribution in [2.75, 3.05) is 12.4 Å². The SMILES string of the molecule is OC(CCl)CN1C=CN[C]1c1ccccc1. The number of hydrogen-bond donors (Lipinski definition) is 2. The van der Waals surface area contributed by atoms with Crippen molar-refractivity contribution in [1.82, 2.24) is 10.2 Å². The van der Waals surface area contributed by atoms with E-state index in [1.807, 2.05) is 47.6 Å². The lowest BCUT2D eigenvalue weighted by Crippen LogP contribution is -2.34. The molecule has 2 rings (SSSR count). The second-order valence-electron chi connectivity index (χ2n) is 3.64. The molecule has 0 amide bonds. The summed E-state index contributed by atoms with van der Waals surface area (Å²) in [6.45, 7) is 0.497. The zero-order chi connectivity index (χ0) is 11.4. The van der Waals surface area contributed by atoms with Crippen LogP contribution in [0.4, 0.5) is 0 Å². The minimum absolute atomic E-state index is 0.242. The molecule has 1 radical (unpaired) electrons. The number of alkyl halides is 1. The van der Waals surface area contributed by atoms with Crippen LogP contribution in [0.3, 0.4) is 0 Å². The Bertz CT molecular complexity index is 355. The third-order valence-corrected chi connectivity index (χ3v) is 2.75. The summed E-state index contributed by atoms with van der Waals surface area (Å²) in [6, 6.07) is 9.99. The number of benzene rings is 1. The predicted octanol–water partition coefficient (Wildman–Crippen LogP) is 1.50. The van der Waals surface area contributed by atoms with Gasteiger partial charge in [-0.25, -0.2) is 0 Å². The highest BCUT2D eigenvalue weighted by atomic mass is 35.5. The molecule has 0 bridgehead atoms. The molecule has 85 valence electrons. The molecule has 1 aromatic rings. The summed E-state index contributed by atoms with van der Waals surface area (Å²) >= 11 is 5.59. The lowest BCUT2D eigenvalue weighted by molar-refractivity contribution is 0.160. The van der Waals surface area contributed by atoms with Crippen LogP contribution in [0.5, 0.6) is 0 Å². The largest absolute Gasteiger partial charge is 0.390 e. The van der Waals surface area contributed by atoms with Crippen LogP contribution >= 0.6 is 11.6 Å². The molecule has 1 aromatic carbocycles. The van der Waals surface area contributed by atoms with E-state index in [2.05, 4.69) is 5.32 Å². The van der Waals surface area contributed by atoms with Gasteiger partial charge in [-0.2, -0.15) is 0 Å². The van der Waals surface area contributed by atoms with Crippen molar-refractivity contribution in [3.63, 3.8) is 0 Å². The van der Waals surface area contributed by atoms with E-state index in [0.29, 0.717) is 6.54 Å². The molecule has 1 heterocycles. The number of aliphatic hydroxyl groups is 1. The van der Waals surface area contributed by atoms with Crippen LogP contribution in [-0.4, -0.2) is 28.5 Å². The molecule has 0 fully saturated rings. The smallest absolute Gasteiger partial charge is 0.184 e. The van der Waals surface area contributed by atoms with E-state index < -0.39 is 6.10 Å². The summed E-state index contributed by atoms with van der Waals surface area (Å²) in [7, 11) is 0. The topological polar surface area (TPSA) is 35.5 Å². The molecule has 4 heteroatoms. The molecule has 1 unspecified atom stereocenters. The van der Waals surface area contributed by atoms with E-state index in [1.54, 1.807) is 0 Å². The molecule has 1 atom stereocenters. The minimum Gasteiger partial charge on any atom is -0.390 e. The molecule has 3 nitrogen and oxygen atoms in total. The van der Waals surface area contributed by atoms with Crippen LogP contribution in [0.2, 0.25) is 0 Å². The molecule has 1 aliphatic rings. The van der Waals surface area contributed by atoms with E-state index in [0.717, 1.165) is 11.7 Å². The van der Waals surface area contributed by atoms with Crippen molar-refractivity contribution in [3.05, 3.63) is 54.5 Å². The van der Waals surface area contributed by atoms with Gasteiger partial charge in [-0.05, 0) is 0 Å². The van der Waals surface area contributed by atoms with E-state index in [9.17, 15) is 5.11 Å². The van der Waals surface area contributed by atoms with Gasteiger partial charge >= 0.3 is 0 Å². The summed E-state index contributed by atoms with van der Waals surface area (Å²) in [5.41, 5.74) is 1.09. The Labute approximate surface area is 100 Å². The first-order valence-electron chi connectivity index (χ1n) is 5.17. The Balaban J connectivity index is 2.05. The molecule has 2 N–H and O–H groups in total. The lowest BCUT2D eigenvalue weighted by Gasteiger charge is -2.25. The van der Waals surface area contributed by atoms with Gasteiger partial charge in [0, 0.05) is 24.5 Å². The molecule has 0 spiro atoms. The van der Waals surface area contributed by atoms with E-state index in [1.165, 1.54) is 0 Å². The van der Waals surface area contributed by atoms with Gasteiger partial charge < -0.3 is 15.3 Å². The highest BCUT2D eigenvalue weighted by Gasteiger charge is 2.23. The standard InChI is InChI=1S/C12H14ClN2O/c13-8-11(16)9-15-7-6-14-12(15)10-4-2-1-3-5-10/h1-7,11,14,16H,8-9H2. The molecule has 1 aliphatic heterocycles. The number of nitrogens with zero attached hydrogens (tertiary/aromatic N) is 1. The average Bonchev–Trinajstić information content (AvgIpc) is 2.78. The van der Waals surface area contributed by atoms with Crippen LogP contribution in [0, 0.1) is 6.17 Å². The Morgan fingerprint density at radius 2 is 2.06 bits per heavy atom. The van der Waals surface area contributed by atoms with Gasteiger partial charge in [0.1, 0.15) is 0 Å². The van der Waals surface area contributed by atoms with Gasteiger partial charge in [-0.1, -0.05) is 30.3 Å². The van der Waals surface area contributed by atoms with Crippen molar-refractivity contribution in [2.45, 2.75) is 6.10 Å². The molecule has 0 aliphatic carbocycles. The number of β-amino-alcohol motifs (C(OH)–C–C–N with tert-alkyl or cyclic N) is 1. The number of nitrogens with one attached hydrogen (secondary N) is 1. The zero-order valence-electron chi connectivity index (χ0n) is 8.81. The summed E-state index contributed by atoms with van der Waals surface area (Å²) in [5, 5.41) is 12.7. The first kappa shape index (κ1) is 11.3. The number of rotatable bonds is 4. The Hall–Kier alpha value is -1.19. The number of halogens is 1. The second-order valence-corrected chi connectivity index (χ2v) is 3.94. The highest BCUT2D eigenvalue weighted by Crippen LogP contribution is 2.21. The average molecular weight is 238 g/mol. The molecule has 16 heavy (non-hydrogen) atoms. The predicted molar refractivity (Wildman–Crippen MR) is 64.5 cm³/mol. The van der Waals surface area contributed by atoms with Gasteiger partial charge in [-0.15, -0.1) is 11.6 Å². The molecular weight excluding hydrogens is 224 g/mol. The maximum Gasteiger partial charge on any atom is 0.184 e. The van der Waals surface area contributed by atoms with Crippen molar-refractivity contribution in [1.29, 1.82) is 0 Å². The highest BCUT2D eigenvalue weighted by molar-refractivity contribution is 6.18. The zero-order valence-corrected chi connectivity index (χ0v) is 9.56. The summed E-state index contributed by atoms with van der Waals surface area (Å²) in [6.07, 6.45) is 4.20. The fourth-order valence-corrected chi connectivity index (χ4v) is 1.73. The van der Waals surface area contributed by atoms with Crippen LogP contribution in [-0.2, 0) is 0 Å². The number of aliphatic hydroxyl groups excluding tert-OH is 1. The van der Waals surface area contributed by atoms with Crippen molar-refractivity contribution >= 4 is 11.6 Å². The first-order valence-corrected chi connectivity index (χ1v) is 5.71. The summed E-state index contributed by atoms with van der Waals surface area (Å²) < 4.78 is 0. The van der Waals surface area contributed by atoms with Crippen molar-refractivity contribution < 1.29 is 5.11 Å². The van der Waals surface area contributed by atoms with Crippen LogP contribution < -0.4 is 5.32 Å². The van der Waals surface area contributed by atoms with Gasteiger partial charge in [0.05, 0.1) is 12.0 Å². The quantitative estimate of drug-likeness (QED) is 0.780. The second kappa shape index (κ2) is 5.23. The molecule has 0 saturated heterocycles. The van der Waals surface area contributed by atoms with E-state index in [4.69, 9.17) is 11.6 Å². The summed E-state index contributed by atoms with van der Waals surface area (Å²) in [4.78, 5) is 1.96. The lowest BCUT2D eigenvalue weighted by atomic mass is 10.1. The summed E-state index contributed by atoms with van der Waals surface area (Å²) in [5.74, 6) is 0.242. The molecule has 0 saturated carbocycles. The third kappa shape index (κ3) is 2.49. The van der Waals surface area contributed by atoms with Gasteiger partial charge in [0.15, 0.2) is 6.17 Å². The fourth-order valence-electron chi connectivity index (χ4n) is 1.64. The maximum absolute atomic E-state index is 9.53. The van der Waals surface area contributed by atoms with Gasteiger partial charge in [0.2, 0.25) is 0 Å². The van der Waals surface area contributed by atoms with Crippen LogP contribution in [0.1, 0.15) is 5.56 Å². The first-order chi connectivity index (χ1) is 7.81. The maximum atomic E-state index is 9.53. The Morgan fingerprint density at radius 3 is 2.75 bits per heavy atom. The fraction of sp³-hybridized carbons (Fsp3) is 0.250. The van der Waals surface area contributed by atoms with Gasteiger partial charge in [0.25, 0.3) is 0 Å². The Morgan fingerprint density at radius 1 is 1.31 bits per heavy atom. The van der Waals surface area contributed by atoms with Gasteiger partial charge in [-0.3, -0.25) is 0 Å². The van der Waals surface area contributed by atoms with Crippen LogP contribution in [0.25, 0.3) is 0 Å². The Kier molecular flexibility index (Phi) is 3.70. The van der Waals surface area contributed by atoms with E-state index >= 15 is 0 Å².